The molecule has 1 heterocycles. The van der Waals surface area contributed by atoms with E-state index in [0.717, 1.165) is 0 Å². The second-order valence-electron chi connectivity index (χ2n) is 3.22. The molecule has 1 atom stereocenters. The Bertz CT molecular complexity index is 160. The molecule has 1 unspecified atom stereocenters. The van der Waals surface area contributed by atoms with Crippen LogP contribution in [0.1, 0.15) is 26.2 Å². The summed E-state index contributed by atoms with van der Waals surface area (Å²) >= 11 is 0. The molecule has 50 valence electrons. The van der Waals surface area contributed by atoms with Gasteiger partial charge in [-0.15, -0.1) is 0 Å². The monoisotopic (exact) mass is 125 g/mol. The highest BCUT2D eigenvalue weighted by atomic mass is 16.2. The molecule has 2 heteroatoms. The highest BCUT2D eigenvalue weighted by molar-refractivity contribution is 5.87. The number of amides is 1. The fourth-order valence-corrected chi connectivity index (χ4v) is 1.75. The van der Waals surface area contributed by atoms with Gasteiger partial charge in [-0.25, -0.2) is 0 Å². The number of β-lactam (4-membered cyclic amide) rings is 1. The summed E-state index contributed by atoms with van der Waals surface area (Å²) in [6.07, 6.45) is 3.71. The van der Waals surface area contributed by atoms with Crippen LogP contribution in [-0.2, 0) is 4.79 Å². The first-order valence-corrected chi connectivity index (χ1v) is 3.57. The quantitative estimate of drug-likeness (QED) is 0.474. The Kier molecular flexibility index (Phi) is 0.765. The van der Waals surface area contributed by atoms with Crippen LogP contribution in [0.3, 0.4) is 0 Å². The number of hydrogen-bond acceptors (Lipinski definition) is 1. The molecule has 0 bridgehead atoms. The maximum atomic E-state index is 10.7. The molecular weight excluding hydrogens is 114 g/mol. The van der Waals surface area contributed by atoms with Gasteiger partial charge >= 0.3 is 0 Å². The molecule has 1 amide bonds. The van der Waals surface area contributed by atoms with Crippen molar-refractivity contribution in [2.24, 2.45) is 5.92 Å². The van der Waals surface area contributed by atoms with E-state index in [1.807, 2.05) is 6.92 Å². The zero-order valence-electron chi connectivity index (χ0n) is 5.61. The normalized spacial score (nSPS) is 37.0. The van der Waals surface area contributed by atoms with Crippen molar-refractivity contribution in [3.05, 3.63) is 0 Å². The molecule has 2 aliphatic rings. The van der Waals surface area contributed by atoms with Gasteiger partial charge in [0.25, 0.3) is 0 Å². The van der Waals surface area contributed by atoms with Crippen molar-refractivity contribution in [2.75, 3.05) is 0 Å². The molecule has 0 aromatic heterocycles. The van der Waals surface area contributed by atoms with Gasteiger partial charge in [0.05, 0.1) is 11.5 Å². The maximum Gasteiger partial charge on any atom is 0.225 e. The van der Waals surface area contributed by atoms with Gasteiger partial charge < -0.3 is 5.32 Å². The lowest BCUT2D eigenvalue weighted by Gasteiger charge is -2.54. The van der Waals surface area contributed by atoms with Gasteiger partial charge in [0.15, 0.2) is 0 Å². The van der Waals surface area contributed by atoms with Gasteiger partial charge in [-0.3, -0.25) is 4.79 Å². The number of hydrogen-bond donors (Lipinski definition) is 1. The number of rotatable bonds is 0. The zero-order valence-corrected chi connectivity index (χ0v) is 5.61. The van der Waals surface area contributed by atoms with E-state index < -0.39 is 0 Å². The first kappa shape index (κ1) is 5.27. The highest BCUT2D eigenvalue weighted by Crippen LogP contribution is 2.43. The summed E-state index contributed by atoms with van der Waals surface area (Å²) in [5, 5.41) is 2.97. The Hall–Kier alpha value is -0.530. The van der Waals surface area contributed by atoms with Crippen molar-refractivity contribution >= 4 is 5.91 Å². The Labute approximate surface area is 54.6 Å². The Morgan fingerprint density at radius 2 is 2.33 bits per heavy atom. The van der Waals surface area contributed by atoms with Crippen LogP contribution < -0.4 is 5.32 Å². The van der Waals surface area contributed by atoms with E-state index in [9.17, 15) is 4.79 Å². The van der Waals surface area contributed by atoms with E-state index in [1.54, 1.807) is 0 Å². The lowest BCUT2D eigenvalue weighted by Crippen LogP contribution is -2.71. The minimum atomic E-state index is 0.245. The first-order chi connectivity index (χ1) is 4.25. The Morgan fingerprint density at radius 3 is 2.44 bits per heavy atom. The van der Waals surface area contributed by atoms with E-state index in [1.165, 1.54) is 19.3 Å². The summed E-state index contributed by atoms with van der Waals surface area (Å²) < 4.78 is 0. The van der Waals surface area contributed by atoms with Gasteiger partial charge in [-0.2, -0.15) is 0 Å². The van der Waals surface area contributed by atoms with Gasteiger partial charge in [0, 0.05) is 0 Å². The first-order valence-electron chi connectivity index (χ1n) is 3.57. The molecule has 0 aromatic carbocycles. The van der Waals surface area contributed by atoms with E-state index >= 15 is 0 Å². The van der Waals surface area contributed by atoms with Crippen LogP contribution in [0.4, 0.5) is 0 Å². The van der Waals surface area contributed by atoms with E-state index in [-0.39, 0.29) is 11.4 Å². The van der Waals surface area contributed by atoms with Crippen LogP contribution in [0.25, 0.3) is 0 Å². The summed E-state index contributed by atoms with van der Waals surface area (Å²) in [5.41, 5.74) is 0.275. The summed E-state index contributed by atoms with van der Waals surface area (Å²) in [4.78, 5) is 10.7. The molecule has 9 heavy (non-hydrogen) atoms. The molecule has 1 N–H and O–H groups in total. The lowest BCUT2D eigenvalue weighted by molar-refractivity contribution is -0.145. The maximum absolute atomic E-state index is 10.7. The second-order valence-corrected chi connectivity index (χ2v) is 3.22. The van der Waals surface area contributed by atoms with E-state index in [0.29, 0.717) is 5.92 Å². The fraction of sp³-hybridized carbons (Fsp3) is 0.857. The predicted molar refractivity (Wildman–Crippen MR) is 33.9 cm³/mol. The van der Waals surface area contributed by atoms with Crippen molar-refractivity contribution in [3.63, 3.8) is 0 Å². The molecule has 0 aromatic rings. The van der Waals surface area contributed by atoms with Gasteiger partial charge in [-0.05, 0) is 19.3 Å². The average molecular weight is 125 g/mol. The van der Waals surface area contributed by atoms with Crippen molar-refractivity contribution in [1.29, 1.82) is 0 Å². The third-order valence-corrected chi connectivity index (χ3v) is 2.84. The topological polar surface area (TPSA) is 29.1 Å². The molecule has 1 spiro atoms. The average Bonchev–Trinajstić information content (AvgIpc) is 1.77. The standard InChI is InChI=1S/C7H11NO/c1-5-6(9)8-7(5)3-2-4-7/h5H,2-4H2,1H3,(H,8,9). The van der Waals surface area contributed by atoms with Crippen LogP contribution in [0.5, 0.6) is 0 Å². The van der Waals surface area contributed by atoms with Gasteiger partial charge in [0.1, 0.15) is 0 Å². The van der Waals surface area contributed by atoms with Crippen LogP contribution in [0, 0.1) is 5.92 Å². The van der Waals surface area contributed by atoms with Crippen molar-refractivity contribution < 1.29 is 4.79 Å². The van der Waals surface area contributed by atoms with Crippen molar-refractivity contribution in [3.8, 4) is 0 Å². The van der Waals surface area contributed by atoms with Gasteiger partial charge in [-0.1, -0.05) is 6.92 Å². The number of carbonyl (C=O) groups excluding carboxylic acids is 1. The summed E-state index contributed by atoms with van der Waals surface area (Å²) in [6.45, 7) is 2.03. The van der Waals surface area contributed by atoms with Gasteiger partial charge in [0.2, 0.25) is 5.91 Å². The van der Waals surface area contributed by atoms with Crippen molar-refractivity contribution in [1.82, 2.24) is 5.32 Å². The molecular formula is C7H11NO. The van der Waals surface area contributed by atoms with Crippen LogP contribution >= 0.6 is 0 Å². The summed E-state index contributed by atoms with van der Waals surface area (Å²) in [6, 6.07) is 0. The molecule has 1 aliphatic heterocycles. The predicted octanol–water partition coefficient (Wildman–Crippen LogP) is 0.675. The molecule has 0 radical (unpaired) electrons. The minimum absolute atomic E-state index is 0.245. The minimum Gasteiger partial charge on any atom is -0.350 e. The smallest absolute Gasteiger partial charge is 0.225 e. The van der Waals surface area contributed by atoms with E-state index in [4.69, 9.17) is 0 Å². The van der Waals surface area contributed by atoms with Crippen LogP contribution in [-0.4, -0.2) is 11.4 Å². The number of nitrogens with one attached hydrogen (secondary N) is 1. The highest BCUT2D eigenvalue weighted by Gasteiger charge is 2.53. The molecule has 1 aliphatic carbocycles. The third kappa shape index (κ3) is 0.443. The Morgan fingerprint density at radius 1 is 1.67 bits per heavy atom. The molecule has 2 rings (SSSR count). The Balaban J connectivity index is 2.10. The fourth-order valence-electron chi connectivity index (χ4n) is 1.75. The van der Waals surface area contributed by atoms with Crippen LogP contribution in [0.2, 0.25) is 0 Å². The van der Waals surface area contributed by atoms with Crippen molar-refractivity contribution in [2.45, 2.75) is 31.7 Å². The SMILES string of the molecule is CC1C(=O)NC12CCC2. The molecule has 1 saturated carbocycles. The molecule has 2 fully saturated rings. The second kappa shape index (κ2) is 1.31. The lowest BCUT2D eigenvalue weighted by atomic mass is 9.63. The molecule has 2 nitrogen and oxygen atoms in total. The number of carbonyl (C=O) groups is 1. The molecule has 1 saturated heterocycles. The van der Waals surface area contributed by atoms with Crippen LogP contribution in [0.15, 0.2) is 0 Å². The van der Waals surface area contributed by atoms with E-state index in [2.05, 4.69) is 5.32 Å². The summed E-state index contributed by atoms with van der Waals surface area (Å²) in [5.74, 6) is 0.543. The third-order valence-electron chi connectivity index (χ3n) is 2.84. The zero-order chi connectivity index (χ0) is 6.48. The largest absolute Gasteiger partial charge is 0.350 e. The summed E-state index contributed by atoms with van der Waals surface area (Å²) in [7, 11) is 0.